The number of esters is 1. The van der Waals surface area contributed by atoms with Crippen molar-refractivity contribution in [3.63, 3.8) is 0 Å². The maximum atomic E-state index is 12.1. The van der Waals surface area contributed by atoms with Crippen LogP contribution in [-0.2, 0) is 11.3 Å². The van der Waals surface area contributed by atoms with Crippen LogP contribution in [0.3, 0.4) is 0 Å². The molecule has 0 atom stereocenters. The molecule has 0 saturated heterocycles. The molecular formula is C18H14N2O4S. The van der Waals surface area contributed by atoms with Crippen molar-refractivity contribution in [2.75, 3.05) is 0 Å². The van der Waals surface area contributed by atoms with Crippen molar-refractivity contribution < 1.29 is 14.5 Å². The van der Waals surface area contributed by atoms with Crippen LogP contribution in [0.25, 0.3) is 10.6 Å². The van der Waals surface area contributed by atoms with Crippen LogP contribution < -0.4 is 0 Å². The number of nitro groups is 1. The molecule has 0 fully saturated rings. The van der Waals surface area contributed by atoms with Crippen molar-refractivity contribution in [1.29, 1.82) is 0 Å². The van der Waals surface area contributed by atoms with Gasteiger partial charge in [0.25, 0.3) is 5.69 Å². The second kappa shape index (κ2) is 7.23. The van der Waals surface area contributed by atoms with Crippen molar-refractivity contribution in [3.05, 3.63) is 80.8 Å². The van der Waals surface area contributed by atoms with Gasteiger partial charge in [-0.1, -0.05) is 30.3 Å². The second-order valence-electron chi connectivity index (χ2n) is 5.34. The zero-order chi connectivity index (χ0) is 17.8. The lowest BCUT2D eigenvalue weighted by atomic mass is 10.1. The summed E-state index contributed by atoms with van der Waals surface area (Å²) in [5, 5.41) is 13.5. The first-order chi connectivity index (χ1) is 12.0. The molecule has 7 heteroatoms. The van der Waals surface area contributed by atoms with Crippen LogP contribution in [0, 0.1) is 17.0 Å². The normalized spacial score (nSPS) is 10.4. The minimum absolute atomic E-state index is 0.0245. The lowest BCUT2D eigenvalue weighted by Gasteiger charge is -2.04. The molecule has 2 aromatic carbocycles. The molecule has 0 N–H and O–H groups in total. The lowest BCUT2D eigenvalue weighted by Crippen LogP contribution is -2.06. The molecule has 25 heavy (non-hydrogen) atoms. The van der Waals surface area contributed by atoms with Crippen LogP contribution in [0.1, 0.15) is 21.6 Å². The van der Waals surface area contributed by atoms with Gasteiger partial charge in [-0.3, -0.25) is 10.1 Å². The third-order valence-electron chi connectivity index (χ3n) is 3.55. The first-order valence-electron chi connectivity index (χ1n) is 7.46. The summed E-state index contributed by atoms with van der Waals surface area (Å²) >= 11 is 1.48. The molecule has 0 spiro atoms. The molecule has 1 aromatic heterocycles. The van der Waals surface area contributed by atoms with Gasteiger partial charge in [-0.25, -0.2) is 9.78 Å². The average Bonchev–Trinajstić information content (AvgIpc) is 3.09. The summed E-state index contributed by atoms with van der Waals surface area (Å²) in [7, 11) is 0. The quantitative estimate of drug-likeness (QED) is 0.386. The van der Waals surface area contributed by atoms with E-state index >= 15 is 0 Å². The fraction of sp³-hybridized carbons (Fsp3) is 0.111. The number of thiazole rings is 1. The van der Waals surface area contributed by atoms with E-state index in [2.05, 4.69) is 4.98 Å². The number of aryl methyl sites for hydroxylation is 1. The molecule has 126 valence electrons. The third kappa shape index (κ3) is 3.89. The van der Waals surface area contributed by atoms with Crippen molar-refractivity contribution in [2.24, 2.45) is 0 Å². The average molecular weight is 354 g/mol. The summed E-state index contributed by atoms with van der Waals surface area (Å²) in [4.78, 5) is 26.9. The maximum absolute atomic E-state index is 12.1. The highest BCUT2D eigenvalue weighted by Crippen LogP contribution is 2.24. The van der Waals surface area contributed by atoms with Crippen LogP contribution in [0.5, 0.6) is 0 Å². The molecular weight excluding hydrogens is 340 g/mol. The van der Waals surface area contributed by atoms with Gasteiger partial charge in [0.15, 0.2) is 0 Å². The summed E-state index contributed by atoms with van der Waals surface area (Å²) in [6.07, 6.45) is 0. The first-order valence-corrected chi connectivity index (χ1v) is 8.34. The summed E-state index contributed by atoms with van der Waals surface area (Å²) in [6, 6.07) is 13.9. The molecule has 0 bridgehead atoms. The Morgan fingerprint density at radius 1 is 1.24 bits per heavy atom. The molecule has 6 nitrogen and oxygen atoms in total. The predicted octanol–water partition coefficient (Wildman–Crippen LogP) is 4.38. The largest absolute Gasteiger partial charge is 0.456 e. The Kier molecular flexibility index (Phi) is 4.85. The van der Waals surface area contributed by atoms with Gasteiger partial charge in [-0.05, 0) is 19.1 Å². The number of aromatic nitrogens is 1. The van der Waals surface area contributed by atoms with Gasteiger partial charge >= 0.3 is 5.97 Å². The van der Waals surface area contributed by atoms with Gasteiger partial charge in [0.05, 0.1) is 16.2 Å². The van der Waals surface area contributed by atoms with Gasteiger partial charge < -0.3 is 4.74 Å². The van der Waals surface area contributed by atoms with E-state index < -0.39 is 10.9 Å². The monoisotopic (exact) mass is 354 g/mol. The smallest absolute Gasteiger partial charge is 0.338 e. The molecule has 0 aliphatic rings. The van der Waals surface area contributed by atoms with Gasteiger partial charge in [0, 0.05) is 22.6 Å². The van der Waals surface area contributed by atoms with Gasteiger partial charge in [0.1, 0.15) is 11.6 Å². The Morgan fingerprint density at radius 2 is 2.00 bits per heavy atom. The molecule has 0 aliphatic carbocycles. The minimum atomic E-state index is -0.535. The van der Waals surface area contributed by atoms with Crippen molar-refractivity contribution >= 4 is 23.0 Å². The summed E-state index contributed by atoms with van der Waals surface area (Å²) in [5.74, 6) is -0.535. The number of hydrogen-bond acceptors (Lipinski definition) is 6. The molecule has 1 heterocycles. The van der Waals surface area contributed by atoms with E-state index in [1.54, 1.807) is 6.92 Å². The number of hydrogen-bond donors (Lipinski definition) is 0. The van der Waals surface area contributed by atoms with E-state index in [4.69, 9.17) is 4.74 Å². The van der Waals surface area contributed by atoms with Crippen LogP contribution in [-0.4, -0.2) is 15.9 Å². The predicted molar refractivity (Wildman–Crippen MR) is 94.5 cm³/mol. The van der Waals surface area contributed by atoms with Crippen molar-refractivity contribution in [2.45, 2.75) is 13.5 Å². The van der Waals surface area contributed by atoms with E-state index in [1.165, 1.54) is 29.5 Å². The van der Waals surface area contributed by atoms with Crippen molar-refractivity contribution in [3.8, 4) is 10.6 Å². The maximum Gasteiger partial charge on any atom is 0.338 e. The van der Waals surface area contributed by atoms with Gasteiger partial charge in [-0.15, -0.1) is 11.3 Å². The zero-order valence-electron chi connectivity index (χ0n) is 13.3. The van der Waals surface area contributed by atoms with Gasteiger partial charge in [0.2, 0.25) is 0 Å². The highest BCUT2D eigenvalue weighted by atomic mass is 32.1. The van der Waals surface area contributed by atoms with E-state index in [0.29, 0.717) is 11.3 Å². The topological polar surface area (TPSA) is 82.3 Å². The second-order valence-corrected chi connectivity index (χ2v) is 6.20. The number of nitro benzene ring substituents is 1. The van der Waals surface area contributed by atoms with Gasteiger partial charge in [-0.2, -0.15) is 0 Å². The Bertz CT molecular complexity index is 922. The Balaban J connectivity index is 1.66. The molecule has 3 aromatic rings. The van der Waals surface area contributed by atoms with E-state index in [1.807, 2.05) is 35.7 Å². The summed E-state index contributed by atoms with van der Waals surface area (Å²) < 4.78 is 5.25. The Morgan fingerprint density at radius 3 is 2.68 bits per heavy atom. The van der Waals surface area contributed by atoms with Crippen molar-refractivity contribution in [1.82, 2.24) is 4.98 Å². The fourth-order valence-corrected chi connectivity index (χ4v) is 3.11. The number of rotatable bonds is 5. The molecule has 0 aliphatic heterocycles. The van der Waals surface area contributed by atoms with E-state index in [0.717, 1.165) is 10.6 Å². The number of benzene rings is 2. The Hall–Kier alpha value is -3.06. The molecule has 0 unspecified atom stereocenters. The van der Waals surface area contributed by atoms with Crippen LogP contribution in [0.4, 0.5) is 5.69 Å². The lowest BCUT2D eigenvalue weighted by molar-refractivity contribution is -0.385. The number of carbonyl (C=O) groups is 1. The molecule has 0 amide bonds. The third-order valence-corrected chi connectivity index (χ3v) is 4.49. The van der Waals surface area contributed by atoms with Crippen LogP contribution >= 0.6 is 11.3 Å². The Labute approximate surface area is 147 Å². The van der Waals surface area contributed by atoms with E-state index in [9.17, 15) is 14.9 Å². The number of nitrogens with zero attached hydrogens (tertiary/aromatic N) is 2. The molecule has 0 saturated carbocycles. The van der Waals surface area contributed by atoms with E-state index in [-0.39, 0.29) is 17.9 Å². The summed E-state index contributed by atoms with van der Waals surface area (Å²) in [5.41, 5.74) is 2.34. The van der Waals surface area contributed by atoms with Crippen LogP contribution in [0.15, 0.2) is 53.9 Å². The zero-order valence-corrected chi connectivity index (χ0v) is 14.2. The SMILES string of the molecule is Cc1cc(C(=O)OCc2csc(-c3ccccc3)n2)ccc1[N+](=O)[O-]. The summed E-state index contributed by atoms with van der Waals surface area (Å²) in [6.45, 7) is 1.64. The molecule has 0 radical (unpaired) electrons. The standard InChI is InChI=1S/C18H14N2O4S/c1-12-9-14(7-8-16(12)20(22)23)18(21)24-10-15-11-25-17(19-15)13-5-3-2-4-6-13/h2-9,11H,10H2,1H3. The number of carbonyl (C=O) groups excluding carboxylic acids is 1. The van der Waals surface area contributed by atoms with Crippen LogP contribution in [0.2, 0.25) is 0 Å². The fourth-order valence-electron chi connectivity index (χ4n) is 2.30. The highest BCUT2D eigenvalue weighted by Gasteiger charge is 2.15. The minimum Gasteiger partial charge on any atom is -0.456 e. The highest BCUT2D eigenvalue weighted by molar-refractivity contribution is 7.13. The molecule has 3 rings (SSSR count). The number of ether oxygens (including phenoxy) is 1. The first kappa shape index (κ1) is 16.8.